The van der Waals surface area contributed by atoms with E-state index in [2.05, 4.69) is 37.9 Å². The van der Waals surface area contributed by atoms with Crippen LogP contribution in [0.15, 0.2) is 0 Å². The second-order valence-corrected chi connectivity index (χ2v) is 7.08. The van der Waals surface area contributed by atoms with Crippen molar-refractivity contribution >= 4 is 0 Å². The Kier molecular flexibility index (Phi) is 5.30. The zero-order valence-electron chi connectivity index (χ0n) is 13.5. The average Bonchev–Trinajstić information content (AvgIpc) is 2.88. The van der Waals surface area contributed by atoms with Crippen LogP contribution in [-0.2, 0) is 0 Å². The lowest BCUT2D eigenvalue weighted by Gasteiger charge is -2.46. The molecule has 0 aromatic heterocycles. The molecule has 1 heterocycles. The maximum atomic E-state index is 3.68. The van der Waals surface area contributed by atoms with Crippen LogP contribution in [0.5, 0.6) is 0 Å². The van der Waals surface area contributed by atoms with Crippen molar-refractivity contribution in [2.24, 2.45) is 11.3 Å². The minimum Gasteiger partial charge on any atom is -0.314 e. The SMILES string of the molecule is CCNC1CCN(CC2(CC)CCCC2)C(C)C1C. The molecule has 3 unspecified atom stereocenters. The molecule has 0 aromatic carbocycles. The molecule has 1 aliphatic carbocycles. The Hall–Kier alpha value is -0.0800. The monoisotopic (exact) mass is 266 g/mol. The van der Waals surface area contributed by atoms with Crippen molar-refractivity contribution in [2.45, 2.75) is 78.3 Å². The third-order valence-electron chi connectivity index (χ3n) is 6.12. The lowest BCUT2D eigenvalue weighted by Crippen LogP contribution is -2.55. The van der Waals surface area contributed by atoms with Crippen molar-refractivity contribution in [3.05, 3.63) is 0 Å². The van der Waals surface area contributed by atoms with Gasteiger partial charge in [0.05, 0.1) is 0 Å². The summed E-state index contributed by atoms with van der Waals surface area (Å²) in [6.07, 6.45) is 8.58. The number of hydrogen-bond acceptors (Lipinski definition) is 2. The van der Waals surface area contributed by atoms with Crippen LogP contribution in [0.25, 0.3) is 0 Å². The summed E-state index contributed by atoms with van der Waals surface area (Å²) < 4.78 is 0. The van der Waals surface area contributed by atoms with Gasteiger partial charge in [-0.25, -0.2) is 0 Å². The molecule has 2 fully saturated rings. The Morgan fingerprint density at radius 1 is 1.16 bits per heavy atom. The Bertz CT molecular complexity index is 270. The van der Waals surface area contributed by atoms with E-state index in [4.69, 9.17) is 0 Å². The van der Waals surface area contributed by atoms with Crippen molar-refractivity contribution in [1.82, 2.24) is 10.2 Å². The fourth-order valence-electron chi connectivity index (χ4n) is 4.39. The summed E-state index contributed by atoms with van der Waals surface area (Å²) in [7, 11) is 0. The first-order chi connectivity index (χ1) is 9.12. The zero-order valence-corrected chi connectivity index (χ0v) is 13.5. The Morgan fingerprint density at radius 2 is 1.84 bits per heavy atom. The van der Waals surface area contributed by atoms with Crippen LogP contribution < -0.4 is 5.32 Å². The van der Waals surface area contributed by atoms with Gasteiger partial charge in [0.2, 0.25) is 0 Å². The number of nitrogens with one attached hydrogen (secondary N) is 1. The summed E-state index contributed by atoms with van der Waals surface area (Å²) in [4.78, 5) is 2.80. The maximum Gasteiger partial charge on any atom is 0.0120 e. The van der Waals surface area contributed by atoms with Crippen LogP contribution in [0.4, 0.5) is 0 Å². The van der Waals surface area contributed by atoms with Gasteiger partial charge in [0.25, 0.3) is 0 Å². The third-order valence-corrected chi connectivity index (χ3v) is 6.12. The van der Waals surface area contributed by atoms with E-state index in [-0.39, 0.29) is 0 Å². The molecule has 0 radical (unpaired) electrons. The maximum absolute atomic E-state index is 3.68. The molecule has 2 heteroatoms. The summed E-state index contributed by atoms with van der Waals surface area (Å²) in [5.74, 6) is 0.781. The van der Waals surface area contributed by atoms with E-state index < -0.39 is 0 Å². The topological polar surface area (TPSA) is 15.3 Å². The second kappa shape index (κ2) is 6.58. The molecule has 112 valence electrons. The molecule has 2 aliphatic rings. The van der Waals surface area contributed by atoms with Gasteiger partial charge in [0, 0.05) is 18.6 Å². The molecule has 1 saturated carbocycles. The number of rotatable bonds is 5. The summed E-state index contributed by atoms with van der Waals surface area (Å²) >= 11 is 0. The Balaban J connectivity index is 1.94. The van der Waals surface area contributed by atoms with Crippen LogP contribution in [0, 0.1) is 11.3 Å². The highest BCUT2D eigenvalue weighted by Gasteiger charge is 2.38. The normalized spacial score (nSPS) is 35.7. The quantitative estimate of drug-likeness (QED) is 0.817. The van der Waals surface area contributed by atoms with Gasteiger partial charge in [-0.05, 0) is 57.0 Å². The highest BCUT2D eigenvalue weighted by molar-refractivity contribution is 4.93. The van der Waals surface area contributed by atoms with Gasteiger partial charge < -0.3 is 5.32 Å². The lowest BCUT2D eigenvalue weighted by atomic mass is 9.80. The first-order valence-corrected chi connectivity index (χ1v) is 8.59. The number of likely N-dealkylation sites (tertiary alicyclic amines) is 1. The van der Waals surface area contributed by atoms with Gasteiger partial charge in [-0.15, -0.1) is 0 Å². The lowest BCUT2D eigenvalue weighted by molar-refractivity contribution is 0.0417. The van der Waals surface area contributed by atoms with Crippen molar-refractivity contribution in [1.29, 1.82) is 0 Å². The molecule has 2 nitrogen and oxygen atoms in total. The Labute approximate surface area is 120 Å². The van der Waals surface area contributed by atoms with E-state index in [1.165, 1.54) is 51.6 Å². The fourth-order valence-corrected chi connectivity index (χ4v) is 4.39. The fraction of sp³-hybridized carbons (Fsp3) is 1.00. The summed E-state index contributed by atoms with van der Waals surface area (Å²) in [5, 5.41) is 3.68. The van der Waals surface area contributed by atoms with Crippen LogP contribution in [0.1, 0.15) is 66.2 Å². The summed E-state index contributed by atoms with van der Waals surface area (Å²) in [6, 6.07) is 1.47. The van der Waals surface area contributed by atoms with E-state index in [0.29, 0.717) is 5.41 Å². The molecule has 0 spiro atoms. The van der Waals surface area contributed by atoms with Gasteiger partial charge in [-0.1, -0.05) is 33.6 Å². The smallest absolute Gasteiger partial charge is 0.0120 e. The molecular weight excluding hydrogens is 232 g/mol. The molecule has 0 amide bonds. The molecule has 0 aromatic rings. The van der Waals surface area contributed by atoms with Crippen LogP contribution in [-0.4, -0.2) is 36.6 Å². The van der Waals surface area contributed by atoms with Crippen molar-refractivity contribution in [3.63, 3.8) is 0 Å². The minimum atomic E-state index is 0.652. The zero-order chi connectivity index (χ0) is 13.9. The van der Waals surface area contributed by atoms with Crippen LogP contribution >= 0.6 is 0 Å². The molecule has 1 saturated heterocycles. The van der Waals surface area contributed by atoms with Crippen molar-refractivity contribution in [3.8, 4) is 0 Å². The number of piperidine rings is 1. The standard InChI is InChI=1S/C17H34N2/c1-5-17(10-7-8-11-17)13-19-12-9-16(18-6-2)14(3)15(19)4/h14-16,18H,5-13H2,1-4H3. The predicted octanol–water partition coefficient (Wildman–Crippen LogP) is 3.67. The molecule has 2 rings (SSSR count). The van der Waals surface area contributed by atoms with Gasteiger partial charge in [-0.3, -0.25) is 4.90 Å². The minimum absolute atomic E-state index is 0.652. The van der Waals surface area contributed by atoms with Crippen LogP contribution in [0.3, 0.4) is 0 Å². The summed E-state index contributed by atoms with van der Waals surface area (Å²) in [6.45, 7) is 13.3. The van der Waals surface area contributed by atoms with E-state index >= 15 is 0 Å². The van der Waals surface area contributed by atoms with Gasteiger partial charge in [0.15, 0.2) is 0 Å². The molecule has 0 bridgehead atoms. The molecule has 1 N–H and O–H groups in total. The summed E-state index contributed by atoms with van der Waals surface area (Å²) in [5.41, 5.74) is 0.652. The number of nitrogens with zero attached hydrogens (tertiary/aromatic N) is 1. The molecule has 1 aliphatic heterocycles. The third kappa shape index (κ3) is 3.33. The van der Waals surface area contributed by atoms with Gasteiger partial charge >= 0.3 is 0 Å². The van der Waals surface area contributed by atoms with E-state index in [1.807, 2.05) is 0 Å². The molecular formula is C17H34N2. The highest BCUT2D eigenvalue weighted by Crippen LogP contribution is 2.42. The highest BCUT2D eigenvalue weighted by atomic mass is 15.2. The molecule has 3 atom stereocenters. The average molecular weight is 266 g/mol. The first-order valence-electron chi connectivity index (χ1n) is 8.59. The first kappa shape index (κ1) is 15.3. The van der Waals surface area contributed by atoms with Crippen molar-refractivity contribution in [2.75, 3.05) is 19.6 Å². The van der Waals surface area contributed by atoms with Gasteiger partial charge in [0.1, 0.15) is 0 Å². The second-order valence-electron chi connectivity index (χ2n) is 7.08. The predicted molar refractivity (Wildman–Crippen MR) is 83.5 cm³/mol. The Morgan fingerprint density at radius 3 is 2.42 bits per heavy atom. The van der Waals surface area contributed by atoms with Crippen LogP contribution in [0.2, 0.25) is 0 Å². The van der Waals surface area contributed by atoms with Gasteiger partial charge in [-0.2, -0.15) is 0 Å². The number of hydrogen-bond donors (Lipinski definition) is 1. The molecule has 19 heavy (non-hydrogen) atoms. The van der Waals surface area contributed by atoms with Crippen molar-refractivity contribution < 1.29 is 0 Å². The van der Waals surface area contributed by atoms with E-state index in [1.54, 1.807) is 0 Å². The van der Waals surface area contributed by atoms with E-state index in [0.717, 1.165) is 24.5 Å². The van der Waals surface area contributed by atoms with E-state index in [9.17, 15) is 0 Å². The largest absolute Gasteiger partial charge is 0.314 e.